The van der Waals surface area contributed by atoms with Crippen LogP contribution in [0.15, 0.2) is 24.3 Å². The van der Waals surface area contributed by atoms with Gasteiger partial charge in [-0.15, -0.1) is 0 Å². The third-order valence-corrected chi connectivity index (χ3v) is 3.57. The summed E-state index contributed by atoms with van der Waals surface area (Å²) >= 11 is 2.12. The lowest BCUT2D eigenvalue weighted by molar-refractivity contribution is -0.141. The van der Waals surface area contributed by atoms with Crippen LogP contribution in [0.4, 0.5) is 10.5 Å². The molecule has 19 heavy (non-hydrogen) atoms. The number of anilines is 1. The number of β-amino-alcohol motifs (C(OH)–C–C–N with tert-alkyl or cyclic N) is 1. The van der Waals surface area contributed by atoms with E-state index in [0.717, 1.165) is 8.47 Å². The highest BCUT2D eigenvalue weighted by Crippen LogP contribution is 2.20. The predicted octanol–water partition coefficient (Wildman–Crippen LogP) is 1.34. The molecular weight excluding hydrogens is 363 g/mol. The summed E-state index contributed by atoms with van der Waals surface area (Å²) in [6.45, 7) is 0.0345. The van der Waals surface area contributed by atoms with Gasteiger partial charge in [0, 0.05) is 22.2 Å². The molecule has 2 amide bonds. The smallest absolute Gasteiger partial charge is 0.326 e. The molecule has 1 aliphatic heterocycles. The summed E-state index contributed by atoms with van der Waals surface area (Å²) in [6, 6.07) is 5.70. The van der Waals surface area contributed by atoms with Gasteiger partial charge >= 0.3 is 12.0 Å². The van der Waals surface area contributed by atoms with Gasteiger partial charge in [-0.3, -0.25) is 0 Å². The van der Waals surface area contributed by atoms with E-state index < -0.39 is 24.1 Å². The molecule has 102 valence electrons. The second-order valence-electron chi connectivity index (χ2n) is 4.34. The summed E-state index contributed by atoms with van der Waals surface area (Å²) in [6.07, 6.45) is -0.725. The Morgan fingerprint density at radius 2 is 2.16 bits per heavy atom. The number of urea groups is 1. The number of halogens is 1. The highest BCUT2D eigenvalue weighted by molar-refractivity contribution is 14.1. The van der Waals surface area contributed by atoms with Crippen LogP contribution >= 0.6 is 22.6 Å². The molecule has 1 saturated heterocycles. The summed E-state index contributed by atoms with van der Waals surface area (Å²) in [7, 11) is 0. The molecule has 0 aromatic heterocycles. The van der Waals surface area contributed by atoms with Crippen LogP contribution in [-0.4, -0.2) is 45.8 Å². The fourth-order valence-corrected chi connectivity index (χ4v) is 2.58. The highest BCUT2D eigenvalue weighted by atomic mass is 127. The normalized spacial score (nSPS) is 22.3. The molecule has 1 aromatic carbocycles. The standard InChI is InChI=1S/C12H13IN2O4/c13-7-2-1-3-8(4-7)14-12(19)15-6-9(16)5-10(15)11(17)18/h1-4,9-10,16H,5-6H2,(H,14,19)(H,17,18)/t9-,10-/m0/s1. The van der Waals surface area contributed by atoms with Crippen molar-refractivity contribution in [2.24, 2.45) is 0 Å². The lowest BCUT2D eigenvalue weighted by Gasteiger charge is -2.21. The number of aliphatic carboxylic acids is 1. The first-order valence-corrected chi connectivity index (χ1v) is 6.79. The Labute approximate surface area is 123 Å². The zero-order valence-corrected chi connectivity index (χ0v) is 12.1. The van der Waals surface area contributed by atoms with Crippen LogP contribution in [0, 0.1) is 3.57 Å². The molecule has 0 radical (unpaired) electrons. The zero-order valence-electron chi connectivity index (χ0n) is 9.91. The third kappa shape index (κ3) is 3.35. The van der Waals surface area contributed by atoms with Gasteiger partial charge in [0.05, 0.1) is 6.10 Å². The lowest BCUT2D eigenvalue weighted by atomic mass is 10.2. The van der Waals surface area contributed by atoms with Crippen LogP contribution in [0.1, 0.15) is 6.42 Å². The van der Waals surface area contributed by atoms with E-state index in [1.54, 1.807) is 18.2 Å². The van der Waals surface area contributed by atoms with Crippen molar-refractivity contribution < 1.29 is 19.8 Å². The van der Waals surface area contributed by atoms with Gasteiger partial charge < -0.3 is 20.4 Å². The number of nitrogens with one attached hydrogen (secondary N) is 1. The average molecular weight is 376 g/mol. The topological polar surface area (TPSA) is 89.9 Å². The molecular formula is C12H13IN2O4. The Hall–Kier alpha value is -1.35. The quantitative estimate of drug-likeness (QED) is 0.680. The van der Waals surface area contributed by atoms with E-state index in [1.807, 2.05) is 6.07 Å². The molecule has 2 rings (SSSR count). The number of carboxylic acid groups (broad SMARTS) is 1. The van der Waals surface area contributed by atoms with E-state index in [-0.39, 0.29) is 13.0 Å². The summed E-state index contributed by atoms with van der Waals surface area (Å²) in [5, 5.41) is 21.2. The van der Waals surface area contributed by atoms with Crippen molar-refractivity contribution in [1.82, 2.24) is 4.90 Å². The number of carbonyl (C=O) groups excluding carboxylic acids is 1. The van der Waals surface area contributed by atoms with Gasteiger partial charge in [-0.2, -0.15) is 0 Å². The molecule has 6 nitrogen and oxygen atoms in total. The predicted molar refractivity (Wildman–Crippen MR) is 76.9 cm³/mol. The number of hydrogen-bond donors (Lipinski definition) is 3. The van der Waals surface area contributed by atoms with Crippen molar-refractivity contribution >= 4 is 40.3 Å². The molecule has 7 heteroatoms. The molecule has 3 N–H and O–H groups in total. The van der Waals surface area contributed by atoms with Crippen molar-refractivity contribution in [3.05, 3.63) is 27.8 Å². The van der Waals surface area contributed by atoms with Gasteiger partial charge in [-0.05, 0) is 40.8 Å². The van der Waals surface area contributed by atoms with E-state index >= 15 is 0 Å². The Kier molecular flexibility index (Phi) is 4.25. The monoisotopic (exact) mass is 376 g/mol. The lowest BCUT2D eigenvalue weighted by Crippen LogP contribution is -2.43. The number of aliphatic hydroxyl groups excluding tert-OH is 1. The SMILES string of the molecule is O=C(O)[C@@H]1C[C@H](O)CN1C(=O)Nc1cccc(I)c1. The highest BCUT2D eigenvalue weighted by Gasteiger charge is 2.38. The van der Waals surface area contributed by atoms with Crippen molar-refractivity contribution in [3.8, 4) is 0 Å². The fraction of sp³-hybridized carbons (Fsp3) is 0.333. The van der Waals surface area contributed by atoms with Gasteiger partial charge in [-0.25, -0.2) is 9.59 Å². The molecule has 0 aliphatic carbocycles. The third-order valence-electron chi connectivity index (χ3n) is 2.90. The number of likely N-dealkylation sites (tertiary alicyclic amines) is 1. The molecule has 1 heterocycles. The number of benzene rings is 1. The van der Waals surface area contributed by atoms with Crippen LogP contribution in [-0.2, 0) is 4.79 Å². The molecule has 0 saturated carbocycles. The van der Waals surface area contributed by atoms with Crippen molar-refractivity contribution in [2.75, 3.05) is 11.9 Å². The van der Waals surface area contributed by atoms with Crippen LogP contribution < -0.4 is 5.32 Å². The minimum absolute atomic E-state index is 0.0345. The summed E-state index contributed by atoms with van der Waals surface area (Å²) in [5.41, 5.74) is 0.599. The van der Waals surface area contributed by atoms with E-state index in [0.29, 0.717) is 5.69 Å². The molecule has 2 atom stereocenters. The van der Waals surface area contributed by atoms with E-state index in [4.69, 9.17) is 5.11 Å². The maximum Gasteiger partial charge on any atom is 0.326 e. The minimum atomic E-state index is -1.10. The molecule has 0 bridgehead atoms. The number of amides is 2. The largest absolute Gasteiger partial charge is 0.480 e. The van der Waals surface area contributed by atoms with E-state index in [2.05, 4.69) is 27.9 Å². The first-order valence-electron chi connectivity index (χ1n) is 5.71. The van der Waals surface area contributed by atoms with Crippen LogP contribution in [0.5, 0.6) is 0 Å². The van der Waals surface area contributed by atoms with E-state index in [9.17, 15) is 14.7 Å². The zero-order chi connectivity index (χ0) is 14.0. The van der Waals surface area contributed by atoms with Crippen LogP contribution in [0.25, 0.3) is 0 Å². The average Bonchev–Trinajstić information content (AvgIpc) is 2.71. The molecule has 0 spiro atoms. The molecule has 1 aromatic rings. The van der Waals surface area contributed by atoms with Crippen molar-refractivity contribution in [1.29, 1.82) is 0 Å². The molecule has 0 unspecified atom stereocenters. The molecule has 1 fully saturated rings. The van der Waals surface area contributed by atoms with Gasteiger partial charge in [0.2, 0.25) is 0 Å². The first-order chi connectivity index (χ1) is 8.97. The van der Waals surface area contributed by atoms with Crippen molar-refractivity contribution in [3.63, 3.8) is 0 Å². The first kappa shape index (κ1) is 14.1. The number of carboxylic acids is 1. The summed E-state index contributed by atoms with van der Waals surface area (Å²) in [4.78, 5) is 24.2. The number of carbonyl (C=O) groups is 2. The molecule has 1 aliphatic rings. The maximum atomic E-state index is 12.0. The Balaban J connectivity index is 2.09. The maximum absolute atomic E-state index is 12.0. The fourth-order valence-electron chi connectivity index (χ4n) is 2.03. The van der Waals surface area contributed by atoms with Gasteiger partial charge in [-0.1, -0.05) is 6.07 Å². The number of nitrogens with zero attached hydrogens (tertiary/aromatic N) is 1. The Bertz CT molecular complexity index is 508. The summed E-state index contributed by atoms with van der Waals surface area (Å²) in [5.74, 6) is -1.10. The van der Waals surface area contributed by atoms with Gasteiger partial charge in [0.1, 0.15) is 6.04 Å². The summed E-state index contributed by atoms with van der Waals surface area (Å²) < 4.78 is 0.964. The van der Waals surface area contributed by atoms with Crippen LogP contribution in [0.2, 0.25) is 0 Å². The Morgan fingerprint density at radius 3 is 2.79 bits per heavy atom. The van der Waals surface area contributed by atoms with E-state index in [1.165, 1.54) is 0 Å². The number of hydrogen-bond acceptors (Lipinski definition) is 3. The second-order valence-corrected chi connectivity index (χ2v) is 5.58. The van der Waals surface area contributed by atoms with Gasteiger partial charge in [0.25, 0.3) is 0 Å². The van der Waals surface area contributed by atoms with Crippen LogP contribution in [0.3, 0.4) is 0 Å². The van der Waals surface area contributed by atoms with Gasteiger partial charge in [0.15, 0.2) is 0 Å². The second kappa shape index (κ2) is 5.74. The number of aliphatic hydroxyl groups is 1. The van der Waals surface area contributed by atoms with Crippen molar-refractivity contribution in [2.45, 2.75) is 18.6 Å². The minimum Gasteiger partial charge on any atom is -0.480 e. The number of rotatable bonds is 2. The Morgan fingerprint density at radius 1 is 1.42 bits per heavy atom.